The third-order valence-corrected chi connectivity index (χ3v) is 10.3. The molecule has 0 radical (unpaired) electrons. The Bertz CT molecular complexity index is 1480. The van der Waals surface area contributed by atoms with E-state index in [0.717, 1.165) is 77.0 Å². The Kier molecular flexibility index (Phi) is 42.0. The highest BCUT2D eigenvalue weighted by molar-refractivity contribution is 7.47. The molecular weight excluding hydrogens is 818 g/mol. The Morgan fingerprint density at radius 2 is 0.952 bits per heavy atom. The number of phosphoric acid groups is 1. The number of phosphoric ester groups is 1. The van der Waals surface area contributed by atoms with Gasteiger partial charge in [-0.3, -0.25) is 18.6 Å². The van der Waals surface area contributed by atoms with Crippen molar-refractivity contribution in [1.82, 2.24) is 5.32 Å². The highest BCUT2D eigenvalue weighted by Crippen LogP contribution is 2.43. The molecule has 356 valence electrons. The van der Waals surface area contributed by atoms with Crippen LogP contribution in [0.2, 0.25) is 0 Å². The first-order valence-electron chi connectivity index (χ1n) is 23.4. The number of aliphatic hydroxyl groups excluding tert-OH is 1. The second kappa shape index (κ2) is 44.7. The van der Waals surface area contributed by atoms with E-state index in [9.17, 15) is 34.1 Å². The van der Waals surface area contributed by atoms with Gasteiger partial charge in [0.1, 0.15) is 12.7 Å². The smallest absolute Gasteiger partial charge is 0.472 e. The molecule has 0 fully saturated rings. The number of carbonyl (C=O) groups excluding carboxylic acids is 2. The van der Waals surface area contributed by atoms with Gasteiger partial charge in [-0.2, -0.15) is 0 Å². The number of amides is 1. The zero-order valence-corrected chi connectivity index (χ0v) is 39.5. The Morgan fingerprint density at radius 1 is 0.540 bits per heavy atom. The summed E-state index contributed by atoms with van der Waals surface area (Å²) in [5.74, 6) is -2.57. The summed E-state index contributed by atoms with van der Waals surface area (Å²) in [6, 6.07) is -1.61. The number of hydrogen-bond donors (Lipinski definition) is 4. The molecule has 4 N–H and O–H groups in total. The van der Waals surface area contributed by atoms with Gasteiger partial charge < -0.3 is 25.2 Å². The van der Waals surface area contributed by atoms with E-state index in [1.165, 1.54) is 44.9 Å². The highest BCUT2D eigenvalue weighted by Gasteiger charge is 2.28. The van der Waals surface area contributed by atoms with Gasteiger partial charge >= 0.3 is 19.8 Å². The van der Waals surface area contributed by atoms with Crippen LogP contribution >= 0.6 is 7.82 Å². The summed E-state index contributed by atoms with van der Waals surface area (Å²) in [6.07, 6.45) is 58.5. The van der Waals surface area contributed by atoms with E-state index in [4.69, 9.17) is 13.8 Å². The molecule has 1 amide bonds. The van der Waals surface area contributed by atoms with Gasteiger partial charge in [-0.25, -0.2) is 9.36 Å². The number of hydrogen-bond acceptors (Lipinski definition) is 8. The number of aliphatic carboxylic acids is 1. The summed E-state index contributed by atoms with van der Waals surface area (Å²) < 4.78 is 26.8. The van der Waals surface area contributed by atoms with E-state index in [0.29, 0.717) is 12.8 Å². The Balaban J connectivity index is 4.04. The van der Waals surface area contributed by atoms with Crippen molar-refractivity contribution in [3.63, 3.8) is 0 Å². The standard InChI is InChI=1S/C51H82NO10P/c1-3-5-7-9-11-13-15-17-19-21-23-24-25-26-28-30-32-34-36-38-40-42-49(54)52-48(51(56)57)46-62-63(58,59)61-45-47(53)44-60-50(55)43-41-39-37-35-33-31-29-27-22-20-18-16-14-12-10-8-6-4-2/h5,7,11,13-14,16-17,19-20,22-24,26,28,32,34,38,40,47-48,53H,3-4,6,8-10,12,15,18,21,25,27,29-31,33,35-37,39,41-46H2,1-2H3,(H,52,54)(H,56,57)(H,58,59)/b7-5-,13-11-,16-14-,19-17-,22-20-,24-23-,28-26-,34-32-,40-38-. The minimum atomic E-state index is -4.80. The maximum Gasteiger partial charge on any atom is 0.472 e. The Morgan fingerprint density at radius 3 is 1.43 bits per heavy atom. The fourth-order valence-electron chi connectivity index (χ4n) is 5.72. The summed E-state index contributed by atoms with van der Waals surface area (Å²) in [5.41, 5.74) is 0. The quantitative estimate of drug-likeness (QED) is 0.0200. The molecule has 12 heteroatoms. The van der Waals surface area contributed by atoms with E-state index in [2.05, 4.69) is 104 Å². The molecule has 0 aromatic heterocycles. The fraction of sp³-hybridized carbons (Fsp3) is 0.588. The van der Waals surface area contributed by atoms with Gasteiger partial charge in [0.15, 0.2) is 6.04 Å². The summed E-state index contributed by atoms with van der Waals surface area (Å²) in [4.78, 5) is 45.9. The molecule has 0 heterocycles. The molecule has 11 nitrogen and oxygen atoms in total. The molecule has 0 rings (SSSR count). The van der Waals surface area contributed by atoms with Gasteiger partial charge in [-0.15, -0.1) is 0 Å². The number of carbonyl (C=O) groups is 3. The van der Waals surface area contributed by atoms with Crippen molar-refractivity contribution >= 4 is 25.7 Å². The lowest BCUT2D eigenvalue weighted by Crippen LogP contribution is -2.43. The van der Waals surface area contributed by atoms with E-state index in [1.54, 1.807) is 12.2 Å². The van der Waals surface area contributed by atoms with Crippen molar-refractivity contribution < 1.29 is 47.8 Å². The molecule has 3 atom stereocenters. The number of carboxylic acid groups (broad SMARTS) is 1. The van der Waals surface area contributed by atoms with E-state index in [-0.39, 0.29) is 12.8 Å². The topological polar surface area (TPSA) is 169 Å². The molecule has 0 spiro atoms. The highest BCUT2D eigenvalue weighted by atomic mass is 31.2. The lowest BCUT2D eigenvalue weighted by Gasteiger charge is -2.18. The van der Waals surface area contributed by atoms with Crippen LogP contribution in [-0.2, 0) is 32.7 Å². The number of rotatable bonds is 42. The van der Waals surface area contributed by atoms with Crippen LogP contribution in [-0.4, -0.2) is 64.9 Å². The maximum atomic E-state index is 12.3. The molecule has 63 heavy (non-hydrogen) atoms. The average Bonchev–Trinajstić information content (AvgIpc) is 3.26. The van der Waals surface area contributed by atoms with Crippen molar-refractivity contribution in [2.45, 2.75) is 174 Å². The first-order valence-corrected chi connectivity index (χ1v) is 24.9. The normalized spacial score (nSPS) is 14.6. The Hall–Kier alpha value is -3.86. The van der Waals surface area contributed by atoms with Crippen LogP contribution in [0, 0.1) is 0 Å². The van der Waals surface area contributed by atoms with Crippen molar-refractivity contribution in [2.75, 3.05) is 19.8 Å². The monoisotopic (exact) mass is 900 g/mol. The van der Waals surface area contributed by atoms with E-state index in [1.807, 2.05) is 12.2 Å². The zero-order chi connectivity index (χ0) is 46.3. The van der Waals surface area contributed by atoms with Gasteiger partial charge in [0.25, 0.3) is 0 Å². The number of aliphatic hydroxyl groups is 1. The van der Waals surface area contributed by atoms with E-state index >= 15 is 0 Å². The molecular formula is C51H82NO10P. The molecule has 3 unspecified atom stereocenters. The van der Waals surface area contributed by atoms with Gasteiger partial charge in [0, 0.05) is 12.8 Å². The minimum Gasteiger partial charge on any atom is -0.480 e. The predicted octanol–water partition coefficient (Wildman–Crippen LogP) is 12.6. The van der Waals surface area contributed by atoms with Gasteiger partial charge in [0.2, 0.25) is 5.91 Å². The van der Waals surface area contributed by atoms with Gasteiger partial charge in [-0.1, -0.05) is 175 Å². The molecule has 0 aliphatic rings. The third kappa shape index (κ3) is 44.5. The maximum absolute atomic E-state index is 12.3. The van der Waals surface area contributed by atoms with Crippen molar-refractivity contribution in [2.24, 2.45) is 0 Å². The number of esters is 1. The Labute approximate surface area is 380 Å². The summed E-state index contributed by atoms with van der Waals surface area (Å²) in [5, 5.41) is 21.8. The lowest BCUT2D eigenvalue weighted by molar-refractivity contribution is -0.147. The van der Waals surface area contributed by atoms with Crippen molar-refractivity contribution in [3.05, 3.63) is 109 Å². The molecule has 0 saturated heterocycles. The molecule has 0 bridgehead atoms. The molecule has 0 saturated carbocycles. The molecule has 0 aliphatic carbocycles. The first kappa shape index (κ1) is 59.1. The molecule has 0 aromatic carbocycles. The number of carboxylic acids is 1. The SMILES string of the molecule is CC/C=C\C/C=C\C/C=C\C/C=C\C/C=C\C/C=C\C/C=C\CC(=O)NC(COP(=O)(O)OCC(O)COC(=O)CCCCCCCCC/C=C\C/C=C\CCCCCC)C(=O)O. The predicted molar refractivity (Wildman–Crippen MR) is 258 cm³/mol. The van der Waals surface area contributed by atoms with Crippen LogP contribution in [0.15, 0.2) is 109 Å². The van der Waals surface area contributed by atoms with Crippen molar-refractivity contribution in [1.29, 1.82) is 0 Å². The summed E-state index contributed by atoms with van der Waals surface area (Å²) in [7, 11) is -4.80. The average molecular weight is 900 g/mol. The van der Waals surface area contributed by atoms with Gasteiger partial charge in [0.05, 0.1) is 13.2 Å². The van der Waals surface area contributed by atoms with E-state index < -0.39 is 57.6 Å². The van der Waals surface area contributed by atoms with Crippen LogP contribution in [0.3, 0.4) is 0 Å². The summed E-state index contributed by atoms with van der Waals surface area (Å²) >= 11 is 0. The van der Waals surface area contributed by atoms with Crippen LogP contribution < -0.4 is 5.32 Å². The summed E-state index contributed by atoms with van der Waals surface area (Å²) in [6.45, 7) is 2.38. The van der Waals surface area contributed by atoms with Crippen molar-refractivity contribution in [3.8, 4) is 0 Å². The molecule has 0 aromatic rings. The second-order valence-electron chi connectivity index (χ2n) is 15.2. The number of allylic oxidation sites excluding steroid dienone is 17. The third-order valence-electron chi connectivity index (χ3n) is 9.32. The van der Waals surface area contributed by atoms with Crippen LogP contribution in [0.4, 0.5) is 0 Å². The number of nitrogens with one attached hydrogen (secondary N) is 1. The van der Waals surface area contributed by atoms with Crippen LogP contribution in [0.1, 0.15) is 162 Å². The largest absolute Gasteiger partial charge is 0.480 e. The fourth-order valence-corrected chi connectivity index (χ4v) is 6.49. The minimum absolute atomic E-state index is 0.0964. The first-order chi connectivity index (χ1) is 30.6. The second-order valence-corrected chi connectivity index (χ2v) is 16.7. The lowest BCUT2D eigenvalue weighted by atomic mass is 10.1. The molecule has 0 aliphatic heterocycles. The van der Waals surface area contributed by atoms with Crippen LogP contribution in [0.5, 0.6) is 0 Å². The number of unbranched alkanes of at least 4 members (excludes halogenated alkanes) is 11. The number of ether oxygens (including phenoxy) is 1. The van der Waals surface area contributed by atoms with Gasteiger partial charge in [-0.05, 0) is 83.5 Å². The van der Waals surface area contributed by atoms with Crippen LogP contribution in [0.25, 0.3) is 0 Å². The zero-order valence-electron chi connectivity index (χ0n) is 38.6.